The number of aromatic nitrogens is 3. The Labute approximate surface area is 152 Å². The number of halogens is 4. The predicted molar refractivity (Wildman–Crippen MR) is 92.1 cm³/mol. The predicted octanol–water partition coefficient (Wildman–Crippen LogP) is 5.42. The molecule has 0 radical (unpaired) electrons. The average Bonchev–Trinajstić information content (AvgIpc) is 3.03. The number of benzene rings is 2. The zero-order chi connectivity index (χ0) is 18.7. The van der Waals surface area contributed by atoms with Gasteiger partial charge in [-0.05, 0) is 42.8 Å². The first-order valence-corrected chi connectivity index (χ1v) is 8.85. The van der Waals surface area contributed by atoms with E-state index in [1.165, 1.54) is 30.0 Å². The van der Waals surface area contributed by atoms with Crippen LogP contribution in [0.25, 0.3) is 11.4 Å². The Morgan fingerprint density at radius 3 is 2.42 bits per heavy atom. The summed E-state index contributed by atoms with van der Waals surface area (Å²) in [6.45, 7) is 2.51. The molecule has 3 nitrogen and oxygen atoms in total. The summed E-state index contributed by atoms with van der Waals surface area (Å²) < 4.78 is 53.4. The van der Waals surface area contributed by atoms with Crippen molar-refractivity contribution in [2.45, 2.75) is 30.6 Å². The highest BCUT2D eigenvalue weighted by Gasteiger charge is 2.30. The summed E-state index contributed by atoms with van der Waals surface area (Å²) in [6, 6.07) is 11.2. The highest BCUT2D eigenvalue weighted by molar-refractivity contribution is 7.98. The van der Waals surface area contributed by atoms with Crippen molar-refractivity contribution in [2.75, 3.05) is 0 Å². The lowest BCUT2D eigenvalue weighted by molar-refractivity contribution is -0.137. The lowest BCUT2D eigenvalue weighted by atomic mass is 10.1. The molecule has 2 aromatic carbocycles. The van der Waals surface area contributed by atoms with Gasteiger partial charge in [-0.3, -0.25) is 0 Å². The number of hydrogen-bond acceptors (Lipinski definition) is 3. The Kier molecular flexibility index (Phi) is 5.31. The zero-order valence-electron chi connectivity index (χ0n) is 13.8. The number of nitrogens with zero attached hydrogens (tertiary/aromatic N) is 3. The minimum Gasteiger partial charge on any atom is -0.302 e. The van der Waals surface area contributed by atoms with Crippen LogP contribution >= 0.6 is 11.8 Å². The molecule has 1 heterocycles. The molecule has 0 saturated carbocycles. The fourth-order valence-electron chi connectivity index (χ4n) is 2.48. The van der Waals surface area contributed by atoms with Crippen LogP contribution in [-0.2, 0) is 18.5 Å². The second-order valence-corrected chi connectivity index (χ2v) is 6.49. The molecule has 136 valence electrons. The van der Waals surface area contributed by atoms with Gasteiger partial charge in [0.15, 0.2) is 11.0 Å². The first-order valence-electron chi connectivity index (χ1n) is 7.86. The van der Waals surface area contributed by atoms with Gasteiger partial charge in [-0.1, -0.05) is 30.0 Å². The molecular formula is C18H15F4N3S. The van der Waals surface area contributed by atoms with E-state index in [1.807, 2.05) is 11.5 Å². The van der Waals surface area contributed by atoms with Crippen LogP contribution in [0.1, 0.15) is 18.1 Å². The SMILES string of the molecule is CCn1c(SCc2cccc(C(F)(F)F)c2)nnc1-c1ccc(F)cc1. The number of thioether (sulfide) groups is 1. The van der Waals surface area contributed by atoms with E-state index in [4.69, 9.17) is 0 Å². The van der Waals surface area contributed by atoms with Gasteiger partial charge in [0.25, 0.3) is 0 Å². The summed E-state index contributed by atoms with van der Waals surface area (Å²) in [5.41, 5.74) is 0.616. The third kappa shape index (κ3) is 4.07. The van der Waals surface area contributed by atoms with Crippen LogP contribution in [0.4, 0.5) is 17.6 Å². The van der Waals surface area contributed by atoms with E-state index in [0.29, 0.717) is 28.8 Å². The highest BCUT2D eigenvalue weighted by Crippen LogP contribution is 2.31. The van der Waals surface area contributed by atoms with Crippen LogP contribution in [-0.4, -0.2) is 14.8 Å². The fraction of sp³-hybridized carbons (Fsp3) is 0.222. The van der Waals surface area contributed by atoms with Crippen molar-refractivity contribution in [3.8, 4) is 11.4 Å². The number of alkyl halides is 3. The standard InChI is InChI=1S/C18H15F4N3S/c1-2-25-16(13-6-8-15(19)9-7-13)23-24-17(25)26-11-12-4-3-5-14(10-12)18(20,21)22/h3-10H,2,11H2,1H3. The van der Waals surface area contributed by atoms with E-state index in [1.54, 1.807) is 18.2 Å². The second-order valence-electron chi connectivity index (χ2n) is 5.54. The van der Waals surface area contributed by atoms with E-state index in [9.17, 15) is 17.6 Å². The molecule has 26 heavy (non-hydrogen) atoms. The largest absolute Gasteiger partial charge is 0.416 e. The van der Waals surface area contributed by atoms with Gasteiger partial charge in [-0.25, -0.2) is 4.39 Å². The van der Waals surface area contributed by atoms with Crippen LogP contribution in [0.2, 0.25) is 0 Å². The van der Waals surface area contributed by atoms with E-state index >= 15 is 0 Å². The summed E-state index contributed by atoms with van der Waals surface area (Å²) >= 11 is 1.31. The lowest BCUT2D eigenvalue weighted by Gasteiger charge is -2.09. The molecule has 1 aromatic heterocycles. The van der Waals surface area contributed by atoms with Gasteiger partial charge < -0.3 is 4.57 Å². The Balaban J connectivity index is 1.80. The van der Waals surface area contributed by atoms with E-state index in [2.05, 4.69) is 10.2 Å². The Bertz CT molecular complexity index is 888. The van der Waals surface area contributed by atoms with Crippen molar-refractivity contribution in [1.82, 2.24) is 14.8 Å². The van der Waals surface area contributed by atoms with Crippen molar-refractivity contribution >= 4 is 11.8 Å². The topological polar surface area (TPSA) is 30.7 Å². The van der Waals surface area contributed by atoms with Gasteiger partial charge in [0.05, 0.1) is 5.56 Å². The van der Waals surface area contributed by atoms with Gasteiger partial charge in [0.2, 0.25) is 0 Å². The fourth-order valence-corrected chi connectivity index (χ4v) is 3.42. The molecule has 0 aliphatic heterocycles. The molecule has 3 aromatic rings. The van der Waals surface area contributed by atoms with Crippen molar-refractivity contribution in [2.24, 2.45) is 0 Å². The molecule has 0 N–H and O–H groups in total. The minimum atomic E-state index is -4.36. The number of hydrogen-bond donors (Lipinski definition) is 0. The van der Waals surface area contributed by atoms with Crippen molar-refractivity contribution in [1.29, 1.82) is 0 Å². The maximum Gasteiger partial charge on any atom is 0.416 e. The summed E-state index contributed by atoms with van der Waals surface area (Å²) in [6.07, 6.45) is -4.36. The number of rotatable bonds is 5. The average molecular weight is 381 g/mol. The third-order valence-electron chi connectivity index (χ3n) is 3.76. The molecule has 0 unspecified atom stereocenters. The molecule has 0 fully saturated rings. The summed E-state index contributed by atoms with van der Waals surface area (Å²) in [7, 11) is 0. The third-order valence-corrected chi connectivity index (χ3v) is 4.80. The summed E-state index contributed by atoms with van der Waals surface area (Å²) in [4.78, 5) is 0. The highest BCUT2D eigenvalue weighted by atomic mass is 32.2. The van der Waals surface area contributed by atoms with Gasteiger partial charge >= 0.3 is 6.18 Å². The molecule has 0 atom stereocenters. The van der Waals surface area contributed by atoms with E-state index < -0.39 is 11.7 Å². The van der Waals surface area contributed by atoms with Crippen molar-refractivity contribution in [3.63, 3.8) is 0 Å². The minimum absolute atomic E-state index is 0.338. The van der Waals surface area contributed by atoms with Crippen LogP contribution < -0.4 is 0 Å². The van der Waals surface area contributed by atoms with Gasteiger partial charge in [-0.2, -0.15) is 13.2 Å². The van der Waals surface area contributed by atoms with Crippen LogP contribution in [0.5, 0.6) is 0 Å². The Morgan fingerprint density at radius 1 is 1.04 bits per heavy atom. The van der Waals surface area contributed by atoms with Crippen molar-refractivity contribution < 1.29 is 17.6 Å². The molecule has 8 heteroatoms. The first kappa shape index (κ1) is 18.4. The van der Waals surface area contributed by atoms with Gasteiger partial charge in [0, 0.05) is 17.9 Å². The molecule has 0 aliphatic carbocycles. The van der Waals surface area contributed by atoms with E-state index in [-0.39, 0.29) is 5.82 Å². The van der Waals surface area contributed by atoms with E-state index in [0.717, 1.165) is 17.7 Å². The zero-order valence-corrected chi connectivity index (χ0v) is 14.6. The van der Waals surface area contributed by atoms with Gasteiger partial charge in [0.1, 0.15) is 5.82 Å². The molecule has 0 saturated heterocycles. The lowest BCUT2D eigenvalue weighted by Crippen LogP contribution is -2.05. The first-order chi connectivity index (χ1) is 12.4. The molecule has 0 amide bonds. The van der Waals surface area contributed by atoms with Crippen molar-refractivity contribution in [3.05, 3.63) is 65.5 Å². The quantitative estimate of drug-likeness (QED) is 0.437. The van der Waals surface area contributed by atoms with Crippen LogP contribution in [0.3, 0.4) is 0 Å². The summed E-state index contributed by atoms with van der Waals surface area (Å²) in [5, 5.41) is 8.88. The molecular weight excluding hydrogens is 366 g/mol. The smallest absolute Gasteiger partial charge is 0.302 e. The Hall–Kier alpha value is -2.35. The normalized spacial score (nSPS) is 11.7. The monoisotopic (exact) mass is 381 g/mol. The molecule has 0 spiro atoms. The van der Waals surface area contributed by atoms with Crippen LogP contribution in [0, 0.1) is 5.82 Å². The maximum absolute atomic E-state index is 13.1. The molecule has 3 rings (SSSR count). The maximum atomic E-state index is 13.1. The second kappa shape index (κ2) is 7.49. The molecule has 0 aliphatic rings. The van der Waals surface area contributed by atoms with Gasteiger partial charge in [-0.15, -0.1) is 10.2 Å². The Morgan fingerprint density at radius 2 is 1.77 bits per heavy atom. The molecule has 0 bridgehead atoms. The summed E-state index contributed by atoms with van der Waals surface area (Å²) in [5.74, 6) is 0.598. The van der Waals surface area contributed by atoms with Crippen LogP contribution in [0.15, 0.2) is 53.7 Å².